The van der Waals surface area contributed by atoms with Crippen LogP contribution in [-0.2, 0) is 19.8 Å². The summed E-state index contributed by atoms with van der Waals surface area (Å²) in [6, 6.07) is 9.18. The fourth-order valence-electron chi connectivity index (χ4n) is 3.25. The lowest BCUT2D eigenvalue weighted by atomic mass is 9.83. The van der Waals surface area contributed by atoms with E-state index in [0.717, 1.165) is 5.56 Å². The summed E-state index contributed by atoms with van der Waals surface area (Å²) >= 11 is 0. The van der Waals surface area contributed by atoms with Gasteiger partial charge in [-0.25, -0.2) is 0 Å². The maximum Gasteiger partial charge on any atom is 0.244 e. The van der Waals surface area contributed by atoms with Gasteiger partial charge < -0.3 is 15.1 Å². The highest BCUT2D eigenvalue weighted by molar-refractivity contribution is 5.90. The van der Waals surface area contributed by atoms with E-state index in [2.05, 4.69) is 5.32 Å². The molecular formula is C22H33N3O3. The van der Waals surface area contributed by atoms with Gasteiger partial charge in [0.1, 0.15) is 6.04 Å². The molecule has 1 unspecified atom stereocenters. The molecule has 1 saturated heterocycles. The van der Waals surface area contributed by atoms with Gasteiger partial charge in [-0.3, -0.25) is 14.4 Å². The summed E-state index contributed by atoms with van der Waals surface area (Å²) in [4.78, 5) is 41.4. The fraction of sp³-hybridized carbons (Fsp3) is 0.591. The van der Waals surface area contributed by atoms with Crippen molar-refractivity contribution in [2.75, 3.05) is 26.2 Å². The Morgan fingerprint density at radius 2 is 1.39 bits per heavy atom. The summed E-state index contributed by atoms with van der Waals surface area (Å²) in [6.45, 7) is 13.0. The van der Waals surface area contributed by atoms with Crippen LogP contribution in [0.3, 0.4) is 0 Å². The van der Waals surface area contributed by atoms with Crippen LogP contribution in [0.5, 0.6) is 0 Å². The third kappa shape index (κ3) is 4.91. The molecule has 0 radical (unpaired) electrons. The molecule has 1 aliphatic rings. The molecule has 0 spiro atoms. The van der Waals surface area contributed by atoms with E-state index < -0.39 is 16.9 Å². The van der Waals surface area contributed by atoms with Crippen molar-refractivity contribution < 1.29 is 14.4 Å². The quantitative estimate of drug-likeness (QED) is 0.861. The molecule has 6 nitrogen and oxygen atoms in total. The van der Waals surface area contributed by atoms with Crippen LogP contribution < -0.4 is 5.32 Å². The number of hydrogen-bond acceptors (Lipinski definition) is 3. The molecule has 0 aromatic heterocycles. The van der Waals surface area contributed by atoms with Gasteiger partial charge in [-0.15, -0.1) is 0 Å². The van der Waals surface area contributed by atoms with Crippen LogP contribution >= 0.6 is 0 Å². The second-order valence-electron chi connectivity index (χ2n) is 9.05. The van der Waals surface area contributed by atoms with Crippen molar-refractivity contribution in [3.63, 3.8) is 0 Å². The Balaban J connectivity index is 1.94. The first-order valence-electron chi connectivity index (χ1n) is 9.89. The molecule has 154 valence electrons. The molecule has 2 rings (SSSR count). The molecule has 0 saturated carbocycles. The van der Waals surface area contributed by atoms with Gasteiger partial charge in [0.15, 0.2) is 0 Å². The highest BCUT2D eigenvalue weighted by Crippen LogP contribution is 2.26. The number of amides is 3. The first-order chi connectivity index (χ1) is 12.9. The number of nitrogens with one attached hydrogen (secondary N) is 1. The lowest BCUT2D eigenvalue weighted by Gasteiger charge is -2.39. The highest BCUT2D eigenvalue weighted by Gasteiger charge is 2.36. The van der Waals surface area contributed by atoms with Crippen LogP contribution in [0.2, 0.25) is 0 Å². The highest BCUT2D eigenvalue weighted by atomic mass is 16.2. The normalized spacial score (nSPS) is 16.5. The average Bonchev–Trinajstić information content (AvgIpc) is 2.66. The number of rotatable bonds is 4. The van der Waals surface area contributed by atoms with Crippen LogP contribution in [0.15, 0.2) is 30.3 Å². The van der Waals surface area contributed by atoms with Gasteiger partial charge in [-0.1, -0.05) is 51.1 Å². The lowest BCUT2D eigenvalue weighted by Crippen LogP contribution is -2.57. The molecule has 28 heavy (non-hydrogen) atoms. The van der Waals surface area contributed by atoms with Crippen molar-refractivity contribution in [2.24, 2.45) is 5.41 Å². The molecular weight excluding hydrogens is 354 g/mol. The van der Waals surface area contributed by atoms with Crippen molar-refractivity contribution in [1.82, 2.24) is 15.1 Å². The molecule has 1 fully saturated rings. The smallest absolute Gasteiger partial charge is 0.244 e. The van der Waals surface area contributed by atoms with Crippen LogP contribution in [0, 0.1) is 5.41 Å². The minimum absolute atomic E-state index is 0.0693. The molecule has 1 atom stereocenters. The van der Waals surface area contributed by atoms with Crippen LogP contribution in [0.25, 0.3) is 0 Å². The number of nitrogens with zero attached hydrogens (tertiary/aromatic N) is 2. The van der Waals surface area contributed by atoms with E-state index in [1.54, 1.807) is 11.8 Å². The Kier molecular flexibility index (Phi) is 6.52. The molecule has 0 bridgehead atoms. The first kappa shape index (κ1) is 21.9. The zero-order valence-electron chi connectivity index (χ0n) is 17.9. The maximum absolute atomic E-state index is 13.1. The summed E-state index contributed by atoms with van der Waals surface area (Å²) in [5.74, 6) is -0.182. The summed E-state index contributed by atoms with van der Waals surface area (Å²) < 4.78 is 0. The van der Waals surface area contributed by atoms with Crippen molar-refractivity contribution in [3.05, 3.63) is 35.9 Å². The second-order valence-corrected chi connectivity index (χ2v) is 9.05. The van der Waals surface area contributed by atoms with Crippen LogP contribution in [0.1, 0.15) is 47.1 Å². The predicted octanol–water partition coefficient (Wildman–Crippen LogP) is 2.19. The molecule has 1 aromatic rings. The van der Waals surface area contributed by atoms with E-state index in [-0.39, 0.29) is 17.7 Å². The topological polar surface area (TPSA) is 69.7 Å². The third-order valence-electron chi connectivity index (χ3n) is 5.31. The number of carbonyl (C=O) groups excluding carboxylic acids is 3. The van der Waals surface area contributed by atoms with E-state index in [1.165, 1.54) is 0 Å². The molecule has 1 heterocycles. The molecule has 0 aliphatic carbocycles. The van der Waals surface area contributed by atoms with E-state index in [4.69, 9.17) is 0 Å². The van der Waals surface area contributed by atoms with Crippen LogP contribution in [-0.4, -0.2) is 59.7 Å². The zero-order valence-corrected chi connectivity index (χ0v) is 17.9. The minimum Gasteiger partial charge on any atom is -0.344 e. The summed E-state index contributed by atoms with van der Waals surface area (Å²) in [5, 5.41) is 2.79. The SMILES string of the molecule is CC(NC(=O)C(C)(C)C)C(=O)N1CCN(C(=O)C(C)(C)c2ccccc2)CC1. The Morgan fingerprint density at radius 1 is 0.893 bits per heavy atom. The van der Waals surface area contributed by atoms with Gasteiger partial charge >= 0.3 is 0 Å². The monoisotopic (exact) mass is 387 g/mol. The third-order valence-corrected chi connectivity index (χ3v) is 5.31. The van der Waals surface area contributed by atoms with Gasteiger partial charge in [0.25, 0.3) is 0 Å². The summed E-state index contributed by atoms with van der Waals surface area (Å²) in [5.41, 5.74) is -0.165. The number of hydrogen-bond donors (Lipinski definition) is 1. The van der Waals surface area contributed by atoms with E-state index in [9.17, 15) is 14.4 Å². The fourth-order valence-corrected chi connectivity index (χ4v) is 3.25. The minimum atomic E-state index is -0.610. The largest absolute Gasteiger partial charge is 0.344 e. The Labute approximate surface area is 168 Å². The predicted molar refractivity (Wildman–Crippen MR) is 110 cm³/mol. The van der Waals surface area contributed by atoms with Crippen molar-refractivity contribution >= 4 is 17.7 Å². The number of benzene rings is 1. The summed E-state index contributed by atoms with van der Waals surface area (Å²) in [7, 11) is 0. The molecule has 6 heteroatoms. The Morgan fingerprint density at radius 3 is 1.89 bits per heavy atom. The van der Waals surface area contributed by atoms with Crippen molar-refractivity contribution in [1.29, 1.82) is 0 Å². The maximum atomic E-state index is 13.1. The van der Waals surface area contributed by atoms with Crippen molar-refractivity contribution in [2.45, 2.75) is 53.0 Å². The van der Waals surface area contributed by atoms with E-state index in [1.807, 2.05) is 69.9 Å². The van der Waals surface area contributed by atoms with E-state index in [0.29, 0.717) is 26.2 Å². The average molecular weight is 388 g/mol. The Bertz CT molecular complexity index is 714. The van der Waals surface area contributed by atoms with Gasteiger partial charge in [0.05, 0.1) is 5.41 Å². The van der Waals surface area contributed by atoms with Gasteiger partial charge in [-0.05, 0) is 26.3 Å². The van der Waals surface area contributed by atoms with Crippen molar-refractivity contribution in [3.8, 4) is 0 Å². The molecule has 1 N–H and O–H groups in total. The molecule has 1 aliphatic heterocycles. The van der Waals surface area contributed by atoms with Gasteiger partial charge in [0, 0.05) is 31.6 Å². The zero-order chi connectivity index (χ0) is 21.1. The first-order valence-corrected chi connectivity index (χ1v) is 9.89. The van der Waals surface area contributed by atoms with Gasteiger partial charge in [-0.2, -0.15) is 0 Å². The van der Waals surface area contributed by atoms with Gasteiger partial charge in [0.2, 0.25) is 17.7 Å². The second kappa shape index (κ2) is 8.33. The number of carbonyl (C=O) groups is 3. The number of piperazine rings is 1. The molecule has 1 aromatic carbocycles. The summed E-state index contributed by atoms with van der Waals surface area (Å²) in [6.07, 6.45) is 0. The Hall–Kier alpha value is -2.37. The molecule has 3 amide bonds. The lowest BCUT2D eigenvalue weighted by molar-refractivity contribution is -0.144. The van der Waals surface area contributed by atoms with E-state index >= 15 is 0 Å². The van der Waals surface area contributed by atoms with Crippen LogP contribution in [0.4, 0.5) is 0 Å². The standard InChI is InChI=1S/C22H33N3O3/c1-16(23-19(27)21(2,3)4)18(26)24-12-14-25(15-13-24)20(28)22(5,6)17-10-8-7-9-11-17/h7-11,16H,12-15H2,1-6H3,(H,23,27).